The third-order valence-corrected chi connectivity index (χ3v) is 4.48. The lowest BCUT2D eigenvalue weighted by atomic mass is 10.1. The van der Waals surface area contributed by atoms with Gasteiger partial charge >= 0.3 is 0 Å². The Balaban J connectivity index is 1.96. The molecule has 2 aromatic carbocycles. The predicted molar refractivity (Wildman–Crippen MR) is 112 cm³/mol. The summed E-state index contributed by atoms with van der Waals surface area (Å²) in [6, 6.07) is 15.9. The summed E-state index contributed by atoms with van der Waals surface area (Å²) in [5.74, 6) is 2.06. The maximum absolute atomic E-state index is 9.73. The number of aromatic nitrogens is 2. The number of fused-ring (bicyclic) bond motifs is 1. The SMILES string of the molecule is CCCCOc1ccc(/C=C(\C#N)c2nc3ccccc3n2C)cc1OCC. The van der Waals surface area contributed by atoms with Crippen molar-refractivity contribution in [1.82, 2.24) is 9.55 Å². The van der Waals surface area contributed by atoms with Crippen LogP contribution >= 0.6 is 0 Å². The second-order valence-electron chi connectivity index (χ2n) is 6.49. The Labute approximate surface area is 165 Å². The number of hydrogen-bond donors (Lipinski definition) is 0. The van der Waals surface area contributed by atoms with Gasteiger partial charge in [0, 0.05) is 7.05 Å². The zero-order chi connectivity index (χ0) is 19.9. The Morgan fingerprint density at radius 1 is 1.14 bits per heavy atom. The van der Waals surface area contributed by atoms with Gasteiger partial charge in [0.1, 0.15) is 6.07 Å². The number of ether oxygens (including phenoxy) is 2. The van der Waals surface area contributed by atoms with E-state index in [0.29, 0.717) is 30.4 Å². The molecule has 0 aliphatic carbocycles. The van der Waals surface area contributed by atoms with Crippen molar-refractivity contribution in [2.45, 2.75) is 26.7 Å². The zero-order valence-corrected chi connectivity index (χ0v) is 16.6. The summed E-state index contributed by atoms with van der Waals surface area (Å²) < 4.78 is 13.5. The summed E-state index contributed by atoms with van der Waals surface area (Å²) in [6.07, 6.45) is 3.91. The standard InChI is InChI=1S/C23H25N3O2/c1-4-6-13-28-21-12-11-17(15-22(21)27-5-2)14-18(16-24)23-25-19-9-7-8-10-20(19)26(23)3/h7-12,14-15H,4-6,13H2,1-3H3/b18-14+. The number of allylic oxidation sites excluding steroid dienone is 1. The molecule has 0 bridgehead atoms. The Morgan fingerprint density at radius 2 is 1.96 bits per heavy atom. The van der Waals surface area contributed by atoms with Crippen LogP contribution in [0, 0.1) is 11.3 Å². The first-order valence-corrected chi connectivity index (χ1v) is 9.61. The number of nitriles is 1. The second kappa shape index (κ2) is 9.09. The monoisotopic (exact) mass is 375 g/mol. The number of imidazole rings is 1. The predicted octanol–water partition coefficient (Wildman–Crippen LogP) is 5.22. The van der Waals surface area contributed by atoms with Crippen molar-refractivity contribution in [2.75, 3.05) is 13.2 Å². The average molecular weight is 375 g/mol. The smallest absolute Gasteiger partial charge is 0.161 e. The van der Waals surface area contributed by atoms with Gasteiger partial charge in [-0.25, -0.2) is 4.98 Å². The number of hydrogen-bond acceptors (Lipinski definition) is 4. The van der Waals surface area contributed by atoms with Gasteiger partial charge in [-0.2, -0.15) is 5.26 Å². The van der Waals surface area contributed by atoms with E-state index >= 15 is 0 Å². The van der Waals surface area contributed by atoms with Crippen molar-refractivity contribution in [3.63, 3.8) is 0 Å². The van der Waals surface area contributed by atoms with Gasteiger partial charge in [0.05, 0.1) is 29.8 Å². The molecule has 0 amide bonds. The molecule has 5 heteroatoms. The highest BCUT2D eigenvalue weighted by atomic mass is 16.5. The van der Waals surface area contributed by atoms with Gasteiger partial charge in [-0.05, 0) is 49.2 Å². The molecule has 0 fully saturated rings. The van der Waals surface area contributed by atoms with Gasteiger partial charge in [-0.1, -0.05) is 31.5 Å². The minimum atomic E-state index is 0.501. The first-order valence-electron chi connectivity index (χ1n) is 9.61. The van der Waals surface area contributed by atoms with Crippen molar-refractivity contribution < 1.29 is 9.47 Å². The molecule has 0 atom stereocenters. The van der Waals surface area contributed by atoms with E-state index in [-0.39, 0.29) is 0 Å². The van der Waals surface area contributed by atoms with Crippen LogP contribution < -0.4 is 9.47 Å². The molecule has 3 rings (SSSR count). The van der Waals surface area contributed by atoms with E-state index in [1.165, 1.54) is 0 Å². The Hall–Kier alpha value is -3.26. The molecule has 144 valence electrons. The molecule has 0 saturated carbocycles. The molecule has 0 N–H and O–H groups in total. The molecule has 0 saturated heterocycles. The van der Waals surface area contributed by atoms with E-state index < -0.39 is 0 Å². The van der Waals surface area contributed by atoms with Crippen molar-refractivity contribution in [3.05, 3.63) is 53.9 Å². The fourth-order valence-corrected chi connectivity index (χ4v) is 3.03. The van der Waals surface area contributed by atoms with Crippen molar-refractivity contribution in [1.29, 1.82) is 5.26 Å². The highest BCUT2D eigenvalue weighted by Crippen LogP contribution is 2.30. The number of unbranched alkanes of at least 4 members (excludes halogenated alkanes) is 1. The minimum Gasteiger partial charge on any atom is -0.490 e. The van der Waals surface area contributed by atoms with Crippen LogP contribution in [0.15, 0.2) is 42.5 Å². The normalized spacial score (nSPS) is 11.4. The number of aryl methyl sites for hydroxylation is 1. The number of nitrogens with zero attached hydrogens (tertiary/aromatic N) is 3. The summed E-state index contributed by atoms with van der Waals surface area (Å²) in [5, 5.41) is 9.73. The van der Waals surface area contributed by atoms with Crippen LogP contribution in [0.1, 0.15) is 38.1 Å². The molecular formula is C23H25N3O2. The lowest BCUT2D eigenvalue weighted by Gasteiger charge is -2.12. The van der Waals surface area contributed by atoms with E-state index in [2.05, 4.69) is 18.0 Å². The lowest BCUT2D eigenvalue weighted by molar-refractivity contribution is 0.272. The highest BCUT2D eigenvalue weighted by Gasteiger charge is 2.13. The Kier molecular flexibility index (Phi) is 6.33. The van der Waals surface area contributed by atoms with Gasteiger partial charge in [-0.3, -0.25) is 0 Å². The summed E-state index contributed by atoms with van der Waals surface area (Å²) in [4.78, 5) is 4.62. The van der Waals surface area contributed by atoms with Gasteiger partial charge < -0.3 is 14.0 Å². The quantitative estimate of drug-likeness (QED) is 0.400. The summed E-state index contributed by atoms with van der Waals surface area (Å²) >= 11 is 0. The van der Waals surface area contributed by atoms with Crippen molar-refractivity contribution in [3.8, 4) is 17.6 Å². The van der Waals surface area contributed by atoms with Crippen LogP contribution in [0.25, 0.3) is 22.7 Å². The maximum Gasteiger partial charge on any atom is 0.161 e. The second-order valence-corrected chi connectivity index (χ2v) is 6.49. The summed E-state index contributed by atoms with van der Waals surface area (Å²) in [7, 11) is 1.92. The minimum absolute atomic E-state index is 0.501. The largest absolute Gasteiger partial charge is 0.490 e. The van der Waals surface area contributed by atoms with Crippen LogP contribution in [0.2, 0.25) is 0 Å². The van der Waals surface area contributed by atoms with E-state index in [4.69, 9.17) is 9.47 Å². The van der Waals surface area contributed by atoms with Gasteiger partial charge in [0.2, 0.25) is 0 Å². The summed E-state index contributed by atoms with van der Waals surface area (Å²) in [6.45, 7) is 5.28. The van der Waals surface area contributed by atoms with E-state index in [0.717, 1.165) is 35.2 Å². The fourth-order valence-electron chi connectivity index (χ4n) is 3.03. The Bertz CT molecular complexity index is 1030. The molecule has 1 heterocycles. The number of rotatable bonds is 8. The molecule has 0 spiro atoms. The fraction of sp³-hybridized carbons (Fsp3) is 0.304. The van der Waals surface area contributed by atoms with Gasteiger partial charge in [0.25, 0.3) is 0 Å². The average Bonchev–Trinajstić information content (AvgIpc) is 3.05. The van der Waals surface area contributed by atoms with E-state index in [1.807, 2.05) is 67.1 Å². The Morgan fingerprint density at radius 3 is 2.68 bits per heavy atom. The van der Waals surface area contributed by atoms with Crippen molar-refractivity contribution >= 4 is 22.7 Å². The molecule has 0 unspecified atom stereocenters. The zero-order valence-electron chi connectivity index (χ0n) is 16.6. The first kappa shape index (κ1) is 19.5. The van der Waals surface area contributed by atoms with Crippen LogP contribution in [0.4, 0.5) is 0 Å². The third-order valence-electron chi connectivity index (χ3n) is 4.48. The van der Waals surface area contributed by atoms with E-state index in [9.17, 15) is 5.26 Å². The van der Waals surface area contributed by atoms with Gasteiger partial charge in [-0.15, -0.1) is 0 Å². The van der Waals surface area contributed by atoms with Crippen LogP contribution in [-0.2, 0) is 7.05 Å². The van der Waals surface area contributed by atoms with Gasteiger partial charge in [0.15, 0.2) is 17.3 Å². The lowest BCUT2D eigenvalue weighted by Crippen LogP contribution is -2.01. The highest BCUT2D eigenvalue weighted by molar-refractivity contribution is 5.91. The number of para-hydroxylation sites is 2. The third kappa shape index (κ3) is 4.17. The molecule has 3 aromatic rings. The summed E-state index contributed by atoms with van der Waals surface area (Å²) in [5.41, 5.74) is 3.24. The molecule has 1 aromatic heterocycles. The van der Waals surface area contributed by atoms with Crippen LogP contribution in [0.5, 0.6) is 11.5 Å². The molecule has 5 nitrogen and oxygen atoms in total. The van der Waals surface area contributed by atoms with Crippen molar-refractivity contribution in [2.24, 2.45) is 7.05 Å². The first-order chi connectivity index (χ1) is 13.7. The van der Waals surface area contributed by atoms with Crippen LogP contribution in [-0.4, -0.2) is 22.8 Å². The molecular weight excluding hydrogens is 350 g/mol. The van der Waals surface area contributed by atoms with E-state index in [1.54, 1.807) is 0 Å². The van der Waals surface area contributed by atoms with Crippen LogP contribution in [0.3, 0.4) is 0 Å². The maximum atomic E-state index is 9.73. The topological polar surface area (TPSA) is 60.1 Å². The molecule has 0 aliphatic heterocycles. The number of benzene rings is 2. The molecule has 0 aliphatic rings. The molecule has 0 radical (unpaired) electrons. The molecule has 28 heavy (non-hydrogen) atoms.